The van der Waals surface area contributed by atoms with E-state index in [1.54, 1.807) is 4.90 Å². The SMILES string of the molecule is Cc1ccc(N2C[C@@H](c3nc(-c4ccc5oc(C)nc5c4)no3)CC2=O)cc1. The van der Waals surface area contributed by atoms with Crippen molar-refractivity contribution in [3.63, 3.8) is 0 Å². The number of rotatable bonds is 3. The van der Waals surface area contributed by atoms with Crippen LogP contribution >= 0.6 is 0 Å². The molecule has 0 spiro atoms. The van der Waals surface area contributed by atoms with E-state index in [4.69, 9.17) is 8.94 Å². The van der Waals surface area contributed by atoms with Crippen molar-refractivity contribution in [1.29, 1.82) is 0 Å². The molecule has 7 nitrogen and oxygen atoms in total. The molecular weight excluding hydrogens is 356 g/mol. The first-order valence-corrected chi connectivity index (χ1v) is 9.15. The molecule has 2 aromatic carbocycles. The second-order valence-corrected chi connectivity index (χ2v) is 7.11. The van der Waals surface area contributed by atoms with Gasteiger partial charge in [0.15, 0.2) is 11.5 Å². The van der Waals surface area contributed by atoms with Gasteiger partial charge in [0, 0.05) is 31.1 Å². The van der Waals surface area contributed by atoms with Crippen molar-refractivity contribution in [1.82, 2.24) is 15.1 Å². The molecule has 2 aromatic heterocycles. The molecule has 0 aliphatic carbocycles. The Morgan fingerprint density at radius 3 is 2.71 bits per heavy atom. The van der Waals surface area contributed by atoms with E-state index in [0.29, 0.717) is 30.6 Å². The molecule has 0 radical (unpaired) electrons. The van der Waals surface area contributed by atoms with Crippen molar-refractivity contribution in [2.24, 2.45) is 0 Å². The highest BCUT2D eigenvalue weighted by Crippen LogP contribution is 2.32. The Morgan fingerprint density at radius 2 is 1.89 bits per heavy atom. The Kier molecular flexibility index (Phi) is 3.75. The van der Waals surface area contributed by atoms with Gasteiger partial charge < -0.3 is 13.8 Å². The van der Waals surface area contributed by atoms with Gasteiger partial charge in [-0.05, 0) is 37.3 Å². The highest BCUT2D eigenvalue weighted by molar-refractivity contribution is 5.96. The minimum absolute atomic E-state index is 0.0631. The van der Waals surface area contributed by atoms with Crippen LogP contribution in [0.5, 0.6) is 0 Å². The molecule has 1 atom stereocenters. The lowest BCUT2D eigenvalue weighted by Gasteiger charge is -2.16. The van der Waals surface area contributed by atoms with Gasteiger partial charge in [0.2, 0.25) is 17.6 Å². The summed E-state index contributed by atoms with van der Waals surface area (Å²) in [4.78, 5) is 23.1. The monoisotopic (exact) mass is 374 g/mol. The first-order valence-electron chi connectivity index (χ1n) is 9.15. The molecule has 1 fully saturated rings. The van der Waals surface area contributed by atoms with Crippen LogP contribution in [-0.4, -0.2) is 27.6 Å². The normalized spacial score (nSPS) is 17.0. The number of aromatic nitrogens is 3. The van der Waals surface area contributed by atoms with Crippen molar-refractivity contribution in [2.75, 3.05) is 11.4 Å². The Labute approximate surface area is 161 Å². The summed E-state index contributed by atoms with van der Waals surface area (Å²) in [6.45, 7) is 4.37. The highest BCUT2D eigenvalue weighted by atomic mass is 16.5. The van der Waals surface area contributed by atoms with Crippen molar-refractivity contribution in [3.05, 3.63) is 59.8 Å². The van der Waals surface area contributed by atoms with Crippen LogP contribution in [0.15, 0.2) is 51.4 Å². The van der Waals surface area contributed by atoms with Crippen LogP contribution in [0, 0.1) is 13.8 Å². The summed E-state index contributed by atoms with van der Waals surface area (Å²) >= 11 is 0. The number of benzene rings is 2. The van der Waals surface area contributed by atoms with Crippen LogP contribution in [0.3, 0.4) is 0 Å². The Bertz CT molecular complexity index is 1180. The predicted octanol–water partition coefficient (Wildman–Crippen LogP) is 4.02. The molecule has 0 N–H and O–H groups in total. The first-order chi connectivity index (χ1) is 13.6. The van der Waals surface area contributed by atoms with Gasteiger partial charge >= 0.3 is 0 Å². The number of oxazole rings is 1. The molecule has 0 unspecified atom stereocenters. The average Bonchev–Trinajstić information content (AvgIpc) is 3.39. The number of aryl methyl sites for hydroxylation is 2. The van der Waals surface area contributed by atoms with Crippen LogP contribution in [0.25, 0.3) is 22.5 Å². The van der Waals surface area contributed by atoms with E-state index in [-0.39, 0.29) is 11.8 Å². The highest BCUT2D eigenvalue weighted by Gasteiger charge is 2.35. The van der Waals surface area contributed by atoms with Gasteiger partial charge in [-0.1, -0.05) is 22.9 Å². The summed E-state index contributed by atoms with van der Waals surface area (Å²) in [7, 11) is 0. The molecular formula is C21H18N4O3. The number of anilines is 1. The summed E-state index contributed by atoms with van der Waals surface area (Å²) in [5, 5.41) is 4.10. The zero-order valence-corrected chi connectivity index (χ0v) is 15.5. The lowest BCUT2D eigenvalue weighted by atomic mass is 10.1. The minimum atomic E-state index is -0.118. The maximum absolute atomic E-state index is 12.5. The third kappa shape index (κ3) is 2.85. The van der Waals surface area contributed by atoms with E-state index >= 15 is 0 Å². The fourth-order valence-corrected chi connectivity index (χ4v) is 3.55. The van der Waals surface area contributed by atoms with E-state index in [9.17, 15) is 4.79 Å². The van der Waals surface area contributed by atoms with E-state index in [0.717, 1.165) is 27.9 Å². The molecule has 0 saturated carbocycles. The second kappa shape index (κ2) is 6.30. The molecule has 1 aliphatic heterocycles. The molecule has 0 bridgehead atoms. The molecule has 1 aliphatic rings. The van der Waals surface area contributed by atoms with Crippen LogP contribution in [0.4, 0.5) is 5.69 Å². The lowest BCUT2D eigenvalue weighted by molar-refractivity contribution is -0.117. The van der Waals surface area contributed by atoms with Crippen LogP contribution < -0.4 is 4.90 Å². The smallest absolute Gasteiger partial charge is 0.232 e. The largest absolute Gasteiger partial charge is 0.441 e. The summed E-state index contributed by atoms with van der Waals surface area (Å²) in [5.74, 6) is 1.52. The van der Waals surface area contributed by atoms with Crippen LogP contribution in [0.1, 0.15) is 29.7 Å². The molecule has 7 heteroatoms. The van der Waals surface area contributed by atoms with Crippen LogP contribution in [-0.2, 0) is 4.79 Å². The van der Waals surface area contributed by atoms with Crippen molar-refractivity contribution in [2.45, 2.75) is 26.2 Å². The summed E-state index contributed by atoms with van der Waals surface area (Å²) < 4.78 is 11.0. The zero-order valence-electron chi connectivity index (χ0n) is 15.5. The second-order valence-electron chi connectivity index (χ2n) is 7.11. The van der Waals surface area contributed by atoms with Gasteiger partial charge in [0.05, 0.1) is 5.92 Å². The molecule has 3 heterocycles. The third-order valence-corrected chi connectivity index (χ3v) is 5.01. The number of fused-ring (bicyclic) bond motifs is 1. The van der Waals surface area contributed by atoms with E-state index in [1.807, 2.05) is 56.3 Å². The van der Waals surface area contributed by atoms with Gasteiger partial charge in [-0.15, -0.1) is 0 Å². The molecule has 5 rings (SSSR count). The third-order valence-electron chi connectivity index (χ3n) is 5.01. The Hall–Kier alpha value is -3.48. The summed E-state index contributed by atoms with van der Waals surface area (Å²) in [6.07, 6.45) is 0.358. The van der Waals surface area contributed by atoms with Crippen molar-refractivity contribution >= 4 is 22.7 Å². The maximum atomic E-state index is 12.5. The molecule has 1 saturated heterocycles. The number of hydrogen-bond acceptors (Lipinski definition) is 6. The Balaban J connectivity index is 1.39. The van der Waals surface area contributed by atoms with Gasteiger partial charge in [-0.3, -0.25) is 4.79 Å². The average molecular weight is 374 g/mol. The zero-order chi connectivity index (χ0) is 19.3. The number of carbonyl (C=O) groups excluding carboxylic acids is 1. The molecule has 28 heavy (non-hydrogen) atoms. The number of carbonyl (C=O) groups is 1. The first kappa shape index (κ1) is 16.7. The van der Waals surface area contributed by atoms with E-state index < -0.39 is 0 Å². The van der Waals surface area contributed by atoms with Gasteiger partial charge in [0.1, 0.15) is 5.52 Å². The topological polar surface area (TPSA) is 85.3 Å². The quantitative estimate of drug-likeness (QED) is 0.538. The fraction of sp³-hybridized carbons (Fsp3) is 0.238. The van der Waals surface area contributed by atoms with Crippen LogP contribution in [0.2, 0.25) is 0 Å². The van der Waals surface area contributed by atoms with Gasteiger partial charge in [-0.2, -0.15) is 4.98 Å². The van der Waals surface area contributed by atoms with Crippen molar-refractivity contribution in [3.8, 4) is 11.4 Å². The standard InChI is InChI=1S/C21H18N4O3/c1-12-3-6-16(7-4-12)25-11-15(10-19(25)26)21-23-20(24-28-21)14-5-8-18-17(9-14)22-13(2)27-18/h3-9,15H,10-11H2,1-2H3/t15-/m0/s1. The van der Waals surface area contributed by atoms with Crippen molar-refractivity contribution < 1.29 is 13.7 Å². The van der Waals surface area contributed by atoms with E-state index in [1.165, 1.54) is 0 Å². The predicted molar refractivity (Wildman–Crippen MR) is 103 cm³/mol. The Morgan fingerprint density at radius 1 is 1.07 bits per heavy atom. The maximum Gasteiger partial charge on any atom is 0.232 e. The summed E-state index contributed by atoms with van der Waals surface area (Å²) in [5.41, 5.74) is 4.33. The molecule has 1 amide bonds. The number of hydrogen-bond donors (Lipinski definition) is 0. The number of nitrogens with zero attached hydrogens (tertiary/aromatic N) is 4. The fourth-order valence-electron chi connectivity index (χ4n) is 3.55. The summed E-state index contributed by atoms with van der Waals surface area (Å²) in [6, 6.07) is 13.5. The van der Waals surface area contributed by atoms with Gasteiger partial charge in [-0.25, -0.2) is 4.98 Å². The minimum Gasteiger partial charge on any atom is -0.441 e. The van der Waals surface area contributed by atoms with Gasteiger partial charge in [0.25, 0.3) is 0 Å². The van der Waals surface area contributed by atoms with E-state index in [2.05, 4.69) is 15.1 Å². The molecule has 140 valence electrons. The lowest BCUT2D eigenvalue weighted by Crippen LogP contribution is -2.24. The number of amides is 1. The molecule has 4 aromatic rings.